The number of likely N-dealkylation sites (tertiary alicyclic amines) is 1. The van der Waals surface area contributed by atoms with Crippen molar-refractivity contribution in [1.82, 2.24) is 25.0 Å². The highest BCUT2D eigenvalue weighted by molar-refractivity contribution is 5.98. The van der Waals surface area contributed by atoms with Gasteiger partial charge in [0.05, 0.1) is 17.5 Å². The van der Waals surface area contributed by atoms with Gasteiger partial charge in [0.15, 0.2) is 5.65 Å². The Kier molecular flexibility index (Phi) is 6.13. The summed E-state index contributed by atoms with van der Waals surface area (Å²) >= 11 is 0. The minimum absolute atomic E-state index is 0.0422. The number of nitrogens with zero attached hydrogens (tertiary/aromatic N) is 4. The van der Waals surface area contributed by atoms with E-state index in [4.69, 9.17) is 0 Å². The third-order valence-corrected chi connectivity index (χ3v) is 5.90. The molecule has 3 aromatic rings. The summed E-state index contributed by atoms with van der Waals surface area (Å²) in [6, 6.07) is 12.8. The fraction of sp³-hybridized carbons (Fsp3) is 0.458. The smallest absolute Gasteiger partial charge is 0.253 e. The molecule has 0 saturated carbocycles. The number of benzene rings is 1. The number of nitrogens with one attached hydrogen (secondary N) is 1. The second-order valence-electron chi connectivity index (χ2n) is 8.66. The van der Waals surface area contributed by atoms with Crippen LogP contribution in [0.3, 0.4) is 0 Å². The number of hydrogen-bond donors (Lipinski definition) is 1. The predicted octanol–water partition coefficient (Wildman–Crippen LogP) is 3.96. The van der Waals surface area contributed by atoms with E-state index in [0.717, 1.165) is 42.8 Å². The lowest BCUT2D eigenvalue weighted by Gasteiger charge is -2.32. The van der Waals surface area contributed by atoms with E-state index >= 15 is 0 Å². The average Bonchev–Trinajstić information content (AvgIpc) is 3.15. The number of fused-ring (bicyclic) bond motifs is 1. The van der Waals surface area contributed by atoms with E-state index in [-0.39, 0.29) is 11.9 Å². The van der Waals surface area contributed by atoms with E-state index in [0.29, 0.717) is 18.0 Å². The molecule has 1 fully saturated rings. The Bertz CT molecular complexity index is 1010. The largest absolute Gasteiger partial charge is 0.352 e. The monoisotopic (exact) mass is 405 g/mol. The van der Waals surface area contributed by atoms with Crippen molar-refractivity contribution in [1.29, 1.82) is 0 Å². The van der Waals surface area contributed by atoms with Gasteiger partial charge in [0.25, 0.3) is 5.91 Å². The molecule has 6 nitrogen and oxygen atoms in total. The van der Waals surface area contributed by atoms with E-state index in [9.17, 15) is 4.79 Å². The van der Waals surface area contributed by atoms with Crippen molar-refractivity contribution in [2.45, 2.75) is 46.2 Å². The van der Waals surface area contributed by atoms with E-state index in [1.54, 1.807) is 6.20 Å². The molecular formula is C24H31N5O. The number of hydrogen-bond acceptors (Lipinski definition) is 4. The summed E-state index contributed by atoms with van der Waals surface area (Å²) < 4.78 is 1.90. The van der Waals surface area contributed by atoms with Crippen LogP contribution in [0.15, 0.2) is 42.6 Å². The fourth-order valence-corrected chi connectivity index (χ4v) is 4.31. The second kappa shape index (κ2) is 8.96. The average molecular weight is 406 g/mol. The molecule has 1 aliphatic heterocycles. The highest BCUT2D eigenvalue weighted by Gasteiger charge is 2.22. The molecular weight excluding hydrogens is 374 g/mol. The molecule has 3 heterocycles. The molecule has 4 rings (SSSR count). The third kappa shape index (κ3) is 4.54. The maximum Gasteiger partial charge on any atom is 0.253 e. The summed E-state index contributed by atoms with van der Waals surface area (Å²) in [5.41, 5.74) is 3.57. The molecule has 1 unspecified atom stereocenters. The van der Waals surface area contributed by atoms with Crippen LogP contribution in [0.2, 0.25) is 0 Å². The molecule has 1 aliphatic rings. The first-order valence-electron chi connectivity index (χ1n) is 10.9. The number of carbonyl (C=O) groups is 1. The SMILES string of the molecule is Cc1nc2c(cnn2C(C)C)cc1C(=O)NCC1CCCN(Cc2ccccc2)C1. The van der Waals surface area contributed by atoms with Gasteiger partial charge in [-0.1, -0.05) is 30.3 Å². The molecule has 0 spiro atoms. The highest BCUT2D eigenvalue weighted by atomic mass is 16.1. The lowest BCUT2D eigenvalue weighted by Crippen LogP contribution is -2.40. The Hall–Kier alpha value is -2.73. The first-order valence-corrected chi connectivity index (χ1v) is 10.9. The molecule has 6 heteroatoms. The number of carbonyl (C=O) groups excluding carboxylic acids is 1. The lowest BCUT2D eigenvalue weighted by atomic mass is 9.97. The second-order valence-corrected chi connectivity index (χ2v) is 8.66. The van der Waals surface area contributed by atoms with Gasteiger partial charge in [0, 0.05) is 31.1 Å². The van der Waals surface area contributed by atoms with Crippen LogP contribution >= 0.6 is 0 Å². The lowest BCUT2D eigenvalue weighted by molar-refractivity contribution is 0.0929. The van der Waals surface area contributed by atoms with Crippen molar-refractivity contribution in [2.75, 3.05) is 19.6 Å². The Morgan fingerprint density at radius 3 is 2.83 bits per heavy atom. The van der Waals surface area contributed by atoms with Crippen LogP contribution < -0.4 is 5.32 Å². The molecule has 0 aliphatic carbocycles. The van der Waals surface area contributed by atoms with Gasteiger partial charge in [-0.15, -0.1) is 0 Å². The van der Waals surface area contributed by atoms with Crippen LogP contribution in [0, 0.1) is 12.8 Å². The number of rotatable bonds is 6. The van der Waals surface area contributed by atoms with Gasteiger partial charge >= 0.3 is 0 Å². The maximum atomic E-state index is 12.9. The van der Waals surface area contributed by atoms with Gasteiger partial charge < -0.3 is 5.32 Å². The van der Waals surface area contributed by atoms with Crippen molar-refractivity contribution < 1.29 is 4.79 Å². The van der Waals surface area contributed by atoms with Gasteiger partial charge in [-0.3, -0.25) is 9.69 Å². The topological polar surface area (TPSA) is 63.1 Å². The molecule has 1 atom stereocenters. The quantitative estimate of drug-likeness (QED) is 0.674. The first kappa shape index (κ1) is 20.5. The molecule has 0 radical (unpaired) electrons. The summed E-state index contributed by atoms with van der Waals surface area (Å²) in [4.78, 5) is 20.0. The predicted molar refractivity (Wildman–Crippen MR) is 119 cm³/mol. The molecule has 1 N–H and O–H groups in total. The molecule has 1 aromatic carbocycles. The Balaban J connectivity index is 1.37. The Morgan fingerprint density at radius 1 is 1.27 bits per heavy atom. The van der Waals surface area contributed by atoms with Crippen LogP contribution in [0.5, 0.6) is 0 Å². The molecule has 158 valence electrons. The summed E-state index contributed by atoms with van der Waals surface area (Å²) in [6.07, 6.45) is 4.12. The summed E-state index contributed by atoms with van der Waals surface area (Å²) in [5.74, 6) is 0.437. The minimum atomic E-state index is -0.0422. The van der Waals surface area contributed by atoms with Gasteiger partial charge in [-0.2, -0.15) is 5.10 Å². The van der Waals surface area contributed by atoms with Crippen molar-refractivity contribution in [3.05, 3.63) is 59.4 Å². The van der Waals surface area contributed by atoms with Gasteiger partial charge in [-0.05, 0) is 57.7 Å². The van der Waals surface area contributed by atoms with Crippen molar-refractivity contribution in [3.8, 4) is 0 Å². The Labute approximate surface area is 178 Å². The van der Waals surface area contributed by atoms with E-state index < -0.39 is 0 Å². The van der Waals surface area contributed by atoms with Crippen LogP contribution in [0.25, 0.3) is 11.0 Å². The summed E-state index contributed by atoms with van der Waals surface area (Å²) in [7, 11) is 0. The van der Waals surface area contributed by atoms with Gasteiger partial charge in [0.2, 0.25) is 0 Å². The van der Waals surface area contributed by atoms with Crippen LogP contribution in [-0.2, 0) is 6.54 Å². The molecule has 0 bridgehead atoms. The van der Waals surface area contributed by atoms with E-state index in [2.05, 4.69) is 64.5 Å². The fourth-order valence-electron chi connectivity index (χ4n) is 4.31. The molecule has 1 amide bonds. The van der Waals surface area contributed by atoms with Crippen LogP contribution in [-0.4, -0.2) is 45.2 Å². The standard InChI is InChI=1S/C24H31N5O/c1-17(2)29-23-21(14-26-29)12-22(18(3)27-23)24(30)25-13-20-10-7-11-28(16-20)15-19-8-5-4-6-9-19/h4-6,8-9,12,14,17,20H,7,10-11,13,15-16H2,1-3H3,(H,25,30). The number of aryl methyl sites for hydroxylation is 1. The van der Waals surface area contributed by atoms with E-state index in [1.807, 2.05) is 17.7 Å². The van der Waals surface area contributed by atoms with Gasteiger partial charge in [0.1, 0.15) is 0 Å². The zero-order valence-corrected chi connectivity index (χ0v) is 18.1. The number of aromatic nitrogens is 3. The molecule has 2 aromatic heterocycles. The van der Waals surface area contributed by atoms with Crippen LogP contribution in [0.4, 0.5) is 0 Å². The number of amides is 1. The minimum Gasteiger partial charge on any atom is -0.352 e. The van der Waals surface area contributed by atoms with E-state index in [1.165, 1.54) is 12.0 Å². The molecule has 1 saturated heterocycles. The van der Waals surface area contributed by atoms with Gasteiger partial charge in [-0.25, -0.2) is 9.67 Å². The maximum absolute atomic E-state index is 12.9. The Morgan fingerprint density at radius 2 is 2.07 bits per heavy atom. The summed E-state index contributed by atoms with van der Waals surface area (Å²) in [6.45, 7) is 9.88. The van der Waals surface area contributed by atoms with Crippen LogP contribution in [0.1, 0.15) is 54.3 Å². The zero-order valence-electron chi connectivity index (χ0n) is 18.1. The number of piperidine rings is 1. The normalized spacial score (nSPS) is 17.5. The zero-order chi connectivity index (χ0) is 21.1. The highest BCUT2D eigenvalue weighted by Crippen LogP contribution is 2.21. The van der Waals surface area contributed by atoms with Crippen molar-refractivity contribution in [3.63, 3.8) is 0 Å². The van der Waals surface area contributed by atoms with Crippen molar-refractivity contribution in [2.24, 2.45) is 5.92 Å². The molecule has 30 heavy (non-hydrogen) atoms. The third-order valence-electron chi connectivity index (χ3n) is 5.90. The number of pyridine rings is 1. The first-order chi connectivity index (χ1) is 14.5. The summed E-state index contributed by atoms with van der Waals surface area (Å²) in [5, 5.41) is 8.48. The van der Waals surface area contributed by atoms with Crippen molar-refractivity contribution >= 4 is 16.9 Å².